The van der Waals surface area contributed by atoms with E-state index < -0.39 is 17.5 Å². The number of aryl methyl sites for hydroxylation is 1. The van der Waals surface area contributed by atoms with E-state index in [1.165, 1.54) is 25.5 Å². The molecule has 8 heteroatoms. The van der Waals surface area contributed by atoms with Gasteiger partial charge in [0, 0.05) is 23.1 Å². The molecule has 2 heterocycles. The van der Waals surface area contributed by atoms with E-state index in [0.29, 0.717) is 33.5 Å². The van der Waals surface area contributed by atoms with Crippen LogP contribution in [0.3, 0.4) is 0 Å². The van der Waals surface area contributed by atoms with Crippen LogP contribution in [0.25, 0.3) is 11.0 Å². The van der Waals surface area contributed by atoms with Crippen molar-refractivity contribution >= 4 is 28.5 Å². The summed E-state index contributed by atoms with van der Waals surface area (Å²) < 4.78 is 21.0. The molecule has 2 aromatic heterocycles. The molecule has 0 aliphatic heterocycles. The van der Waals surface area contributed by atoms with E-state index in [-0.39, 0.29) is 17.9 Å². The van der Waals surface area contributed by atoms with Crippen LogP contribution in [0.5, 0.6) is 5.75 Å². The van der Waals surface area contributed by atoms with E-state index in [0.717, 1.165) is 0 Å². The number of rotatable bonds is 6. The molecule has 0 spiro atoms. The molecule has 8 nitrogen and oxygen atoms in total. The minimum absolute atomic E-state index is 0.116. The summed E-state index contributed by atoms with van der Waals surface area (Å²) in [5.41, 5.74) is 1.42. The topological polar surface area (TPSA) is 108 Å². The lowest BCUT2D eigenvalue weighted by Crippen LogP contribution is -2.16. The first-order chi connectivity index (χ1) is 15.5. The monoisotopic (exact) mass is 433 g/mol. The molecule has 0 aliphatic rings. The van der Waals surface area contributed by atoms with E-state index in [1.54, 1.807) is 49.4 Å². The lowest BCUT2D eigenvalue weighted by molar-refractivity contribution is 0.0475. The molecule has 32 heavy (non-hydrogen) atoms. The number of ether oxygens (including phenoxy) is 2. The summed E-state index contributed by atoms with van der Waals surface area (Å²) in [6, 6.07) is 14.4. The quantitative estimate of drug-likeness (QED) is 0.356. The summed E-state index contributed by atoms with van der Waals surface area (Å²) in [5, 5.41) is 3.32. The molecule has 1 amide bonds. The normalized spacial score (nSPS) is 10.7. The minimum atomic E-state index is -0.654. The van der Waals surface area contributed by atoms with Gasteiger partial charge in [0.15, 0.2) is 5.76 Å². The van der Waals surface area contributed by atoms with E-state index in [1.807, 2.05) is 0 Å². The number of carbonyl (C=O) groups is 2. The first-order valence-electron chi connectivity index (χ1n) is 9.68. The number of fused-ring (bicyclic) bond motifs is 1. The van der Waals surface area contributed by atoms with Crippen LogP contribution >= 0.6 is 0 Å². The Morgan fingerprint density at radius 3 is 2.66 bits per heavy atom. The van der Waals surface area contributed by atoms with Gasteiger partial charge in [-0.1, -0.05) is 12.1 Å². The Kier molecular flexibility index (Phi) is 5.76. The van der Waals surface area contributed by atoms with Gasteiger partial charge in [0.2, 0.25) is 0 Å². The molecule has 162 valence electrons. The van der Waals surface area contributed by atoms with Gasteiger partial charge in [-0.15, -0.1) is 0 Å². The third-order valence-corrected chi connectivity index (χ3v) is 4.87. The van der Waals surface area contributed by atoms with Crippen LogP contribution in [0.15, 0.2) is 74.5 Å². The van der Waals surface area contributed by atoms with Crippen molar-refractivity contribution in [1.29, 1.82) is 0 Å². The lowest BCUT2D eigenvalue weighted by Gasteiger charge is -2.13. The molecular formula is C24H19NO7. The SMILES string of the molecule is COc1ccc2c(COC(=O)c3cccc(C)c3NC(=O)c3ccco3)cc(=O)oc2c1. The maximum Gasteiger partial charge on any atom is 0.340 e. The molecule has 0 unspecified atom stereocenters. The largest absolute Gasteiger partial charge is 0.497 e. The maximum absolute atomic E-state index is 12.9. The third-order valence-electron chi connectivity index (χ3n) is 4.87. The fraction of sp³-hybridized carbons (Fsp3) is 0.125. The van der Waals surface area contributed by atoms with Crippen LogP contribution in [0, 0.1) is 6.92 Å². The van der Waals surface area contributed by atoms with Crippen molar-refractivity contribution < 1.29 is 27.9 Å². The second-order valence-corrected chi connectivity index (χ2v) is 6.96. The van der Waals surface area contributed by atoms with Crippen molar-refractivity contribution in [3.05, 3.63) is 93.7 Å². The molecule has 4 rings (SSSR count). The second kappa shape index (κ2) is 8.81. The highest BCUT2D eigenvalue weighted by atomic mass is 16.5. The predicted octanol–water partition coefficient (Wildman–Crippen LogP) is 4.31. The summed E-state index contributed by atoms with van der Waals surface area (Å²) in [6.45, 7) is 1.60. The van der Waals surface area contributed by atoms with Gasteiger partial charge in [-0.25, -0.2) is 9.59 Å². The molecule has 4 aromatic rings. The Balaban J connectivity index is 1.58. The number of amides is 1. The number of benzene rings is 2. The molecule has 0 bridgehead atoms. The molecule has 2 aromatic carbocycles. The zero-order valence-electron chi connectivity index (χ0n) is 17.3. The van der Waals surface area contributed by atoms with Gasteiger partial charge in [0.05, 0.1) is 24.6 Å². The van der Waals surface area contributed by atoms with Gasteiger partial charge < -0.3 is 23.6 Å². The molecular weight excluding hydrogens is 414 g/mol. The van der Waals surface area contributed by atoms with Crippen molar-refractivity contribution in [2.24, 2.45) is 0 Å². The first-order valence-corrected chi connectivity index (χ1v) is 9.68. The standard InChI is InChI=1S/C24H19NO7/c1-14-5-3-6-18(22(14)25-23(27)19-7-4-10-30-19)24(28)31-13-15-11-21(26)32-20-12-16(29-2)8-9-17(15)20/h3-12H,13H2,1-2H3,(H,25,27). The van der Waals surface area contributed by atoms with Gasteiger partial charge in [-0.2, -0.15) is 0 Å². The van der Waals surface area contributed by atoms with E-state index in [2.05, 4.69) is 5.32 Å². The van der Waals surface area contributed by atoms with Gasteiger partial charge in [0.1, 0.15) is 17.9 Å². The number of nitrogens with one attached hydrogen (secondary N) is 1. The van der Waals surface area contributed by atoms with Crippen LogP contribution in [-0.2, 0) is 11.3 Å². The summed E-state index contributed by atoms with van der Waals surface area (Å²) >= 11 is 0. The molecule has 1 N–H and O–H groups in total. The van der Waals surface area contributed by atoms with Gasteiger partial charge in [-0.05, 0) is 42.8 Å². The van der Waals surface area contributed by atoms with E-state index in [4.69, 9.17) is 18.3 Å². The zero-order chi connectivity index (χ0) is 22.7. The summed E-state index contributed by atoms with van der Waals surface area (Å²) in [5.74, 6) is -0.491. The third kappa shape index (κ3) is 4.24. The van der Waals surface area contributed by atoms with Crippen molar-refractivity contribution in [3.8, 4) is 5.75 Å². The Hall–Kier alpha value is -4.33. The lowest BCUT2D eigenvalue weighted by atomic mass is 10.1. The predicted molar refractivity (Wildman–Crippen MR) is 116 cm³/mol. The van der Waals surface area contributed by atoms with Crippen LogP contribution in [0.2, 0.25) is 0 Å². The van der Waals surface area contributed by atoms with Crippen LogP contribution in [-0.4, -0.2) is 19.0 Å². The van der Waals surface area contributed by atoms with Crippen LogP contribution < -0.4 is 15.7 Å². The highest BCUT2D eigenvalue weighted by Crippen LogP contribution is 2.25. The number of furan rings is 1. The fourth-order valence-electron chi connectivity index (χ4n) is 3.26. The molecule has 0 saturated heterocycles. The highest BCUT2D eigenvalue weighted by molar-refractivity contribution is 6.07. The van der Waals surface area contributed by atoms with Gasteiger partial charge >= 0.3 is 11.6 Å². The Morgan fingerprint density at radius 2 is 1.91 bits per heavy atom. The van der Waals surface area contributed by atoms with E-state index in [9.17, 15) is 14.4 Å². The summed E-state index contributed by atoms with van der Waals surface area (Å²) in [6.07, 6.45) is 1.39. The molecule has 0 radical (unpaired) electrons. The minimum Gasteiger partial charge on any atom is -0.497 e. The Bertz CT molecular complexity index is 1350. The van der Waals surface area contributed by atoms with Crippen LogP contribution in [0.1, 0.15) is 32.0 Å². The molecule has 0 atom stereocenters. The van der Waals surface area contributed by atoms with Crippen molar-refractivity contribution in [3.63, 3.8) is 0 Å². The average Bonchev–Trinajstić information content (AvgIpc) is 3.33. The smallest absolute Gasteiger partial charge is 0.340 e. The number of hydrogen-bond acceptors (Lipinski definition) is 7. The molecule has 0 aliphatic carbocycles. The maximum atomic E-state index is 12.9. The van der Waals surface area contributed by atoms with Gasteiger partial charge in [-0.3, -0.25) is 4.79 Å². The summed E-state index contributed by atoms with van der Waals surface area (Å²) in [4.78, 5) is 37.2. The van der Waals surface area contributed by atoms with Crippen molar-refractivity contribution in [2.75, 3.05) is 12.4 Å². The van der Waals surface area contributed by atoms with Crippen molar-refractivity contribution in [1.82, 2.24) is 0 Å². The Labute approximate surface area is 182 Å². The van der Waals surface area contributed by atoms with Crippen molar-refractivity contribution in [2.45, 2.75) is 13.5 Å². The Morgan fingerprint density at radius 1 is 1.06 bits per heavy atom. The second-order valence-electron chi connectivity index (χ2n) is 6.96. The molecule has 0 fully saturated rings. The average molecular weight is 433 g/mol. The first kappa shape index (κ1) is 20.9. The van der Waals surface area contributed by atoms with Gasteiger partial charge in [0.25, 0.3) is 5.91 Å². The number of esters is 1. The number of para-hydroxylation sites is 1. The summed E-state index contributed by atoms with van der Waals surface area (Å²) in [7, 11) is 1.51. The number of hydrogen-bond donors (Lipinski definition) is 1. The van der Waals surface area contributed by atoms with E-state index >= 15 is 0 Å². The number of methoxy groups -OCH3 is 1. The van der Waals surface area contributed by atoms with Crippen LogP contribution in [0.4, 0.5) is 5.69 Å². The fourth-order valence-corrected chi connectivity index (χ4v) is 3.26. The highest BCUT2D eigenvalue weighted by Gasteiger charge is 2.19. The number of carbonyl (C=O) groups excluding carboxylic acids is 2. The molecule has 0 saturated carbocycles. The number of anilines is 1. The zero-order valence-corrected chi connectivity index (χ0v) is 17.3.